The summed E-state index contributed by atoms with van der Waals surface area (Å²) in [6.07, 6.45) is 6.80. The van der Waals surface area contributed by atoms with E-state index in [2.05, 4.69) is 64.4 Å². The van der Waals surface area contributed by atoms with Crippen LogP contribution >= 0.6 is 15.9 Å². The van der Waals surface area contributed by atoms with Gasteiger partial charge in [-0.15, -0.1) is 0 Å². The average molecular weight is 778 g/mol. The van der Waals surface area contributed by atoms with Gasteiger partial charge in [0.15, 0.2) is 12.1 Å². The van der Waals surface area contributed by atoms with Gasteiger partial charge in [-0.05, 0) is 108 Å². The summed E-state index contributed by atoms with van der Waals surface area (Å²) < 4.78 is 29.6. The molecule has 6 rings (SSSR count). The van der Waals surface area contributed by atoms with Crippen molar-refractivity contribution in [3.63, 3.8) is 0 Å². The number of methoxy groups -OCH3 is 1. The first-order chi connectivity index (χ1) is 23.8. The van der Waals surface area contributed by atoms with Crippen LogP contribution < -0.4 is 0 Å². The van der Waals surface area contributed by atoms with Gasteiger partial charge in [0.05, 0.1) is 23.5 Å². The molecular weight excluding hydrogens is 716 g/mol. The van der Waals surface area contributed by atoms with Crippen molar-refractivity contribution in [3.05, 3.63) is 11.1 Å². The summed E-state index contributed by atoms with van der Waals surface area (Å²) in [5.41, 5.74) is 1.23. The van der Waals surface area contributed by atoms with E-state index in [1.807, 2.05) is 0 Å². The molecule has 9 nitrogen and oxygen atoms in total. The minimum Gasteiger partial charge on any atom is -0.468 e. The summed E-state index contributed by atoms with van der Waals surface area (Å²) in [5.74, 6) is 0.306. The van der Waals surface area contributed by atoms with Gasteiger partial charge in [-0.1, -0.05) is 64.4 Å². The van der Waals surface area contributed by atoms with Gasteiger partial charge in [0, 0.05) is 26.7 Å². The fraction of sp³-hybridized carbons (Fsp3) is 0.854. The molecule has 10 heteroatoms. The number of rotatable bonds is 7. The molecule has 4 saturated carbocycles. The molecule has 0 aromatic carbocycles. The number of hydrogen-bond acceptors (Lipinski definition) is 9. The maximum atomic E-state index is 13.7. The minimum atomic E-state index is -0.804. The molecule has 12 atom stereocenters. The van der Waals surface area contributed by atoms with Crippen LogP contribution in [0.25, 0.3) is 0 Å². The lowest BCUT2D eigenvalue weighted by molar-refractivity contribution is -0.287. The van der Waals surface area contributed by atoms with Crippen LogP contribution in [0.1, 0.15) is 127 Å². The van der Waals surface area contributed by atoms with E-state index in [0.29, 0.717) is 24.7 Å². The Morgan fingerprint density at radius 2 is 1.61 bits per heavy atom. The fourth-order valence-corrected chi connectivity index (χ4v) is 13.9. The number of carbonyl (C=O) groups is 4. The van der Waals surface area contributed by atoms with Crippen LogP contribution in [0.15, 0.2) is 11.1 Å². The van der Waals surface area contributed by atoms with E-state index in [-0.39, 0.29) is 69.2 Å². The van der Waals surface area contributed by atoms with Gasteiger partial charge >= 0.3 is 17.9 Å². The third-order valence-corrected chi connectivity index (χ3v) is 16.4. The standard InChI is InChI=1S/C41H61BrO9/c1-22(2)33-27(45)20-41(36(46)47-10)18-17-39(8)25(34(33)41)11-12-30-38(7)15-14-31(37(5,6)29(38)13-16-40(30,39)9)51-32-19-26(42)35(49-24(4)44)28(50-32)21-48-23(3)43/h22,25-26,28-32,35H,11-21H2,1-10H3/t25?,26-,28-,29?,30?,31?,32-,35+,38+,39-,40-,41-/m1/s1. The van der Waals surface area contributed by atoms with Crippen LogP contribution in [-0.4, -0.2) is 66.8 Å². The lowest BCUT2D eigenvalue weighted by atomic mass is 9.33. The van der Waals surface area contributed by atoms with Crippen LogP contribution in [-0.2, 0) is 42.9 Å². The number of esters is 3. The molecule has 5 aliphatic carbocycles. The first-order valence-corrected chi connectivity index (χ1v) is 20.3. The average Bonchev–Trinajstić information content (AvgIpc) is 3.35. The summed E-state index contributed by atoms with van der Waals surface area (Å²) >= 11 is 3.73. The molecule has 5 fully saturated rings. The summed E-state index contributed by atoms with van der Waals surface area (Å²) in [5, 5.41) is 0. The Morgan fingerprint density at radius 3 is 2.24 bits per heavy atom. The van der Waals surface area contributed by atoms with E-state index >= 15 is 0 Å². The Morgan fingerprint density at radius 1 is 0.902 bits per heavy atom. The fourth-order valence-electron chi connectivity index (χ4n) is 13.1. The molecular formula is C41H61BrO9. The van der Waals surface area contributed by atoms with Gasteiger partial charge < -0.3 is 23.7 Å². The van der Waals surface area contributed by atoms with Crippen molar-refractivity contribution in [2.75, 3.05) is 13.7 Å². The van der Waals surface area contributed by atoms with Crippen molar-refractivity contribution in [2.45, 2.75) is 156 Å². The van der Waals surface area contributed by atoms with E-state index in [1.54, 1.807) is 0 Å². The summed E-state index contributed by atoms with van der Waals surface area (Å²) in [6.45, 7) is 19.3. The SMILES string of the molecule is COC(=O)[C@@]12CC[C@]3(C)C(CCC4[C@@]5(C)CCC(O[C@@H]6C[C@@H](Br)[C@H](OC(C)=O)[C@@H](COC(C)=O)O6)C(C)(C)C5CC[C@]43C)C1=C(C(C)C)C(=O)C2. The number of fused-ring (bicyclic) bond motifs is 7. The van der Waals surface area contributed by atoms with Gasteiger partial charge in [-0.2, -0.15) is 0 Å². The van der Waals surface area contributed by atoms with E-state index in [0.717, 1.165) is 56.1 Å². The maximum Gasteiger partial charge on any atom is 0.316 e. The molecule has 1 aliphatic heterocycles. The Hall–Kier alpha value is -1.78. The van der Waals surface area contributed by atoms with Gasteiger partial charge in [0.2, 0.25) is 0 Å². The number of hydrogen-bond donors (Lipinski definition) is 0. The molecule has 0 aromatic heterocycles. The summed E-state index contributed by atoms with van der Waals surface area (Å²) in [7, 11) is 1.47. The van der Waals surface area contributed by atoms with Gasteiger partial charge in [0.25, 0.3) is 0 Å². The number of carbonyl (C=O) groups excluding carboxylic acids is 4. The topological polar surface area (TPSA) is 114 Å². The van der Waals surface area contributed by atoms with Gasteiger partial charge in [-0.3, -0.25) is 19.2 Å². The second-order valence-corrected chi connectivity index (χ2v) is 19.7. The highest BCUT2D eigenvalue weighted by Crippen LogP contribution is 2.77. The molecule has 0 spiro atoms. The zero-order valence-electron chi connectivity index (χ0n) is 32.5. The predicted octanol–water partition coefficient (Wildman–Crippen LogP) is 7.90. The van der Waals surface area contributed by atoms with Crippen LogP contribution in [0.3, 0.4) is 0 Å². The van der Waals surface area contributed by atoms with Crippen molar-refractivity contribution in [3.8, 4) is 0 Å². The zero-order chi connectivity index (χ0) is 37.5. The molecule has 51 heavy (non-hydrogen) atoms. The normalized spacial score (nSPS) is 44.5. The minimum absolute atomic E-state index is 0.0194. The molecule has 0 amide bonds. The molecule has 0 N–H and O–H groups in total. The number of allylic oxidation sites excluding steroid dienone is 1. The summed E-state index contributed by atoms with van der Waals surface area (Å²) in [6, 6.07) is 0. The molecule has 0 aromatic rings. The van der Waals surface area contributed by atoms with E-state index in [1.165, 1.54) is 21.0 Å². The maximum absolute atomic E-state index is 13.7. The Kier molecular flexibility index (Phi) is 10.3. The van der Waals surface area contributed by atoms with E-state index in [9.17, 15) is 19.2 Å². The molecule has 0 bridgehead atoms. The summed E-state index contributed by atoms with van der Waals surface area (Å²) in [4.78, 5) is 50.6. The highest BCUT2D eigenvalue weighted by Gasteiger charge is 2.71. The van der Waals surface area contributed by atoms with Crippen molar-refractivity contribution >= 4 is 39.6 Å². The number of ether oxygens (including phenoxy) is 5. The first-order valence-electron chi connectivity index (χ1n) is 19.4. The van der Waals surface area contributed by atoms with Crippen molar-refractivity contribution < 1.29 is 42.9 Å². The highest BCUT2D eigenvalue weighted by atomic mass is 79.9. The second-order valence-electron chi connectivity index (χ2n) is 18.5. The second kappa shape index (κ2) is 13.5. The Labute approximate surface area is 313 Å². The number of halogens is 1. The highest BCUT2D eigenvalue weighted by molar-refractivity contribution is 9.09. The third-order valence-electron chi connectivity index (χ3n) is 15.5. The van der Waals surface area contributed by atoms with Crippen LogP contribution in [0.4, 0.5) is 0 Å². The molecule has 6 aliphatic rings. The van der Waals surface area contributed by atoms with Crippen LogP contribution in [0, 0.1) is 50.7 Å². The molecule has 1 saturated heterocycles. The third kappa shape index (κ3) is 5.98. The van der Waals surface area contributed by atoms with Crippen LogP contribution in [0.2, 0.25) is 0 Å². The number of ketones is 1. The molecule has 286 valence electrons. The molecule has 1 heterocycles. The molecule has 4 unspecified atom stereocenters. The molecule has 0 radical (unpaired) electrons. The quantitative estimate of drug-likeness (QED) is 0.110. The van der Waals surface area contributed by atoms with E-state index < -0.39 is 35.9 Å². The number of Topliss-reactive ketones (excluding diaryl/α,β-unsaturated/α-hetero) is 1. The van der Waals surface area contributed by atoms with Gasteiger partial charge in [-0.25, -0.2) is 0 Å². The van der Waals surface area contributed by atoms with Crippen molar-refractivity contribution in [2.24, 2.45) is 50.7 Å². The number of alkyl halides is 1. The van der Waals surface area contributed by atoms with Crippen LogP contribution in [0.5, 0.6) is 0 Å². The zero-order valence-corrected chi connectivity index (χ0v) is 34.1. The first kappa shape index (κ1) is 38.9. The predicted molar refractivity (Wildman–Crippen MR) is 194 cm³/mol. The van der Waals surface area contributed by atoms with E-state index in [4.69, 9.17) is 23.7 Å². The van der Waals surface area contributed by atoms with Crippen molar-refractivity contribution in [1.82, 2.24) is 0 Å². The Bertz CT molecular complexity index is 1470. The lowest BCUT2D eigenvalue weighted by Gasteiger charge is -2.72. The van der Waals surface area contributed by atoms with Gasteiger partial charge in [0.1, 0.15) is 18.8 Å². The monoisotopic (exact) mass is 776 g/mol. The largest absolute Gasteiger partial charge is 0.468 e. The van der Waals surface area contributed by atoms with Crippen molar-refractivity contribution in [1.29, 1.82) is 0 Å². The lowest BCUT2D eigenvalue weighted by Crippen LogP contribution is -2.66. The Balaban J connectivity index is 1.25. The smallest absolute Gasteiger partial charge is 0.316 e.